The van der Waals surface area contributed by atoms with Crippen molar-refractivity contribution in [2.24, 2.45) is 11.3 Å². The first-order valence-electron chi connectivity index (χ1n) is 5.03. The summed E-state index contributed by atoms with van der Waals surface area (Å²) in [6.45, 7) is 3.80. The molecule has 2 bridgehead atoms. The Hall–Kier alpha value is -0.790. The van der Waals surface area contributed by atoms with Crippen LogP contribution in [0.4, 0.5) is 0 Å². The van der Waals surface area contributed by atoms with E-state index in [2.05, 4.69) is 12.2 Å². The molecular formula is C11H16O2. The molecular weight excluding hydrogens is 164 g/mol. The topological polar surface area (TPSA) is 26.3 Å². The van der Waals surface area contributed by atoms with Gasteiger partial charge in [0.2, 0.25) is 0 Å². The molecule has 0 aliphatic heterocycles. The van der Waals surface area contributed by atoms with E-state index in [1.165, 1.54) is 0 Å². The molecule has 0 heterocycles. The third-order valence-corrected chi connectivity index (χ3v) is 3.02. The van der Waals surface area contributed by atoms with Gasteiger partial charge in [-0.3, -0.25) is 4.79 Å². The Morgan fingerprint density at radius 3 is 2.77 bits per heavy atom. The van der Waals surface area contributed by atoms with E-state index in [0.717, 1.165) is 19.3 Å². The van der Waals surface area contributed by atoms with Crippen LogP contribution < -0.4 is 0 Å². The molecule has 2 aliphatic rings. The largest absolute Gasteiger partial charge is 0.462 e. The third kappa shape index (κ3) is 1.38. The number of carbonyl (C=O) groups is 1. The lowest BCUT2D eigenvalue weighted by molar-refractivity contribution is -0.156. The fraction of sp³-hybridized carbons (Fsp3) is 0.727. The minimum atomic E-state index is -0.241. The molecule has 0 radical (unpaired) electrons. The molecule has 0 N–H and O–H groups in total. The van der Waals surface area contributed by atoms with Gasteiger partial charge in [0.1, 0.15) is 0 Å². The average Bonchev–Trinajstić information content (AvgIpc) is 2.62. The van der Waals surface area contributed by atoms with Gasteiger partial charge in [-0.05, 0) is 39.0 Å². The van der Waals surface area contributed by atoms with Crippen molar-refractivity contribution >= 4 is 5.97 Å². The van der Waals surface area contributed by atoms with Gasteiger partial charge in [0.15, 0.2) is 0 Å². The van der Waals surface area contributed by atoms with Gasteiger partial charge in [-0.15, -0.1) is 0 Å². The first-order valence-corrected chi connectivity index (χ1v) is 5.03. The number of carbonyl (C=O) groups excluding carboxylic acids is 1. The number of hydrogen-bond donors (Lipinski definition) is 0. The molecule has 2 atom stereocenters. The summed E-state index contributed by atoms with van der Waals surface area (Å²) in [7, 11) is 0. The third-order valence-electron chi connectivity index (χ3n) is 3.02. The lowest BCUT2D eigenvalue weighted by Crippen LogP contribution is -2.29. The Morgan fingerprint density at radius 1 is 1.62 bits per heavy atom. The van der Waals surface area contributed by atoms with Crippen LogP contribution in [-0.2, 0) is 9.53 Å². The molecule has 2 heteroatoms. The molecule has 0 amide bonds. The van der Waals surface area contributed by atoms with E-state index >= 15 is 0 Å². The van der Waals surface area contributed by atoms with Crippen molar-refractivity contribution in [2.75, 3.05) is 0 Å². The number of esters is 1. The standard InChI is InChI=1S/C11H16O2/c1-8(2)13-10(12)11-5-3-9(7-11)4-6-11/h3,5,8-9H,4,6-7H2,1-2H3. The summed E-state index contributed by atoms with van der Waals surface area (Å²) in [6.07, 6.45) is 7.37. The highest BCUT2D eigenvalue weighted by molar-refractivity contribution is 5.80. The Balaban J connectivity index is 2.08. The van der Waals surface area contributed by atoms with Crippen LogP contribution in [0, 0.1) is 11.3 Å². The first-order chi connectivity index (χ1) is 6.12. The lowest BCUT2D eigenvalue weighted by atomic mass is 9.88. The molecule has 2 rings (SSSR count). The second-order valence-electron chi connectivity index (χ2n) is 4.47. The molecule has 2 nitrogen and oxygen atoms in total. The van der Waals surface area contributed by atoms with Gasteiger partial charge in [0, 0.05) is 0 Å². The van der Waals surface area contributed by atoms with Gasteiger partial charge in [-0.1, -0.05) is 12.2 Å². The van der Waals surface area contributed by atoms with E-state index in [4.69, 9.17) is 4.74 Å². The Morgan fingerprint density at radius 2 is 2.38 bits per heavy atom. The van der Waals surface area contributed by atoms with Gasteiger partial charge < -0.3 is 4.74 Å². The number of allylic oxidation sites excluding steroid dienone is 1. The fourth-order valence-electron chi connectivity index (χ4n) is 2.34. The van der Waals surface area contributed by atoms with Crippen molar-refractivity contribution in [3.63, 3.8) is 0 Å². The molecule has 13 heavy (non-hydrogen) atoms. The minimum absolute atomic E-state index is 0.00919. The average molecular weight is 180 g/mol. The van der Waals surface area contributed by atoms with Crippen molar-refractivity contribution < 1.29 is 9.53 Å². The van der Waals surface area contributed by atoms with Crippen molar-refractivity contribution in [3.05, 3.63) is 12.2 Å². The van der Waals surface area contributed by atoms with E-state index in [1.807, 2.05) is 13.8 Å². The van der Waals surface area contributed by atoms with Crippen LogP contribution in [-0.4, -0.2) is 12.1 Å². The van der Waals surface area contributed by atoms with Crippen molar-refractivity contribution in [1.82, 2.24) is 0 Å². The van der Waals surface area contributed by atoms with E-state index in [0.29, 0.717) is 5.92 Å². The normalized spacial score (nSPS) is 35.8. The molecule has 0 spiro atoms. The van der Waals surface area contributed by atoms with Crippen molar-refractivity contribution in [1.29, 1.82) is 0 Å². The summed E-state index contributed by atoms with van der Waals surface area (Å²) >= 11 is 0. The molecule has 1 fully saturated rings. The molecule has 2 unspecified atom stereocenters. The van der Waals surface area contributed by atoms with Crippen LogP contribution in [0.2, 0.25) is 0 Å². The van der Waals surface area contributed by atoms with E-state index in [9.17, 15) is 4.79 Å². The molecule has 0 aromatic carbocycles. The molecule has 72 valence electrons. The van der Waals surface area contributed by atoms with Crippen molar-refractivity contribution in [3.8, 4) is 0 Å². The maximum Gasteiger partial charge on any atom is 0.316 e. The number of fused-ring (bicyclic) bond motifs is 2. The first kappa shape index (κ1) is 8.79. The highest BCUT2D eigenvalue weighted by atomic mass is 16.5. The maximum atomic E-state index is 11.8. The van der Waals surface area contributed by atoms with Gasteiger partial charge in [-0.25, -0.2) is 0 Å². The van der Waals surface area contributed by atoms with Gasteiger partial charge >= 0.3 is 5.97 Å². The zero-order valence-electron chi connectivity index (χ0n) is 8.25. The molecule has 0 aromatic rings. The highest BCUT2D eigenvalue weighted by Gasteiger charge is 2.47. The second kappa shape index (κ2) is 2.86. The predicted octanol–water partition coefficient (Wildman–Crippen LogP) is 2.29. The maximum absolute atomic E-state index is 11.8. The predicted molar refractivity (Wildman–Crippen MR) is 50.1 cm³/mol. The number of rotatable bonds is 2. The lowest BCUT2D eigenvalue weighted by Gasteiger charge is -2.22. The summed E-state index contributed by atoms with van der Waals surface area (Å²) in [4.78, 5) is 11.8. The molecule has 1 saturated carbocycles. The van der Waals surface area contributed by atoms with Gasteiger partial charge in [0.05, 0.1) is 11.5 Å². The number of ether oxygens (including phenoxy) is 1. The Labute approximate surface area is 79.0 Å². The second-order valence-corrected chi connectivity index (χ2v) is 4.47. The summed E-state index contributed by atoms with van der Waals surface area (Å²) in [6, 6.07) is 0. The molecule has 0 saturated heterocycles. The van der Waals surface area contributed by atoms with Crippen LogP contribution in [0.25, 0.3) is 0 Å². The van der Waals surface area contributed by atoms with E-state index in [-0.39, 0.29) is 17.5 Å². The highest BCUT2D eigenvalue weighted by Crippen LogP contribution is 2.49. The smallest absolute Gasteiger partial charge is 0.316 e. The number of hydrogen-bond acceptors (Lipinski definition) is 2. The zero-order chi connectivity index (χ0) is 9.47. The summed E-state index contributed by atoms with van der Waals surface area (Å²) < 4.78 is 5.26. The Kier molecular flexibility index (Phi) is 1.94. The van der Waals surface area contributed by atoms with Crippen LogP contribution in [0.15, 0.2) is 12.2 Å². The van der Waals surface area contributed by atoms with E-state index in [1.54, 1.807) is 0 Å². The van der Waals surface area contributed by atoms with Crippen molar-refractivity contribution in [2.45, 2.75) is 39.2 Å². The van der Waals surface area contributed by atoms with Crippen LogP contribution >= 0.6 is 0 Å². The minimum Gasteiger partial charge on any atom is -0.462 e. The quantitative estimate of drug-likeness (QED) is 0.481. The monoisotopic (exact) mass is 180 g/mol. The van der Waals surface area contributed by atoms with Gasteiger partial charge in [-0.2, -0.15) is 0 Å². The zero-order valence-corrected chi connectivity index (χ0v) is 8.25. The summed E-state index contributed by atoms with van der Waals surface area (Å²) in [5.74, 6) is 0.624. The van der Waals surface area contributed by atoms with Crippen LogP contribution in [0.1, 0.15) is 33.1 Å². The SMILES string of the molecule is CC(C)OC(=O)C12C=CC(CC1)C2. The Bertz CT molecular complexity index is 255. The summed E-state index contributed by atoms with van der Waals surface area (Å²) in [5, 5.41) is 0. The van der Waals surface area contributed by atoms with Crippen LogP contribution in [0.3, 0.4) is 0 Å². The fourth-order valence-corrected chi connectivity index (χ4v) is 2.34. The van der Waals surface area contributed by atoms with Gasteiger partial charge in [0.25, 0.3) is 0 Å². The molecule has 2 aliphatic carbocycles. The van der Waals surface area contributed by atoms with E-state index < -0.39 is 0 Å². The summed E-state index contributed by atoms with van der Waals surface area (Å²) in [5.41, 5.74) is -0.241. The molecule has 0 aromatic heterocycles. The van der Waals surface area contributed by atoms with Crippen LogP contribution in [0.5, 0.6) is 0 Å².